The van der Waals surface area contributed by atoms with Crippen LogP contribution in [0.3, 0.4) is 0 Å². The van der Waals surface area contributed by atoms with Crippen molar-refractivity contribution >= 4 is 19.6 Å². The number of carbonyl (C=O) groups excluding carboxylic acids is 2. The van der Waals surface area contributed by atoms with Gasteiger partial charge in [0, 0.05) is 0 Å². The van der Waals surface area contributed by atoms with E-state index < -0.39 is 23.6 Å². The number of rotatable bonds is 8. The molecule has 0 unspecified atom stereocenters. The molecule has 0 aliphatic rings. The lowest BCUT2D eigenvalue weighted by Crippen LogP contribution is -2.14. The predicted molar refractivity (Wildman–Crippen MR) is 91.7 cm³/mol. The van der Waals surface area contributed by atoms with Crippen LogP contribution in [0.1, 0.15) is 34.6 Å². The molecule has 0 spiro atoms. The Morgan fingerprint density at radius 1 is 0.815 bits per heavy atom. The summed E-state index contributed by atoms with van der Waals surface area (Å²) >= 11 is 0. The van der Waals surface area contributed by atoms with Gasteiger partial charge in [-0.05, 0) is 50.2 Å². The van der Waals surface area contributed by atoms with Crippen LogP contribution in [0.5, 0.6) is 11.5 Å². The minimum atomic E-state index is -0.821. The first kappa shape index (κ1) is 20.2. The van der Waals surface area contributed by atoms with E-state index in [9.17, 15) is 18.4 Å². The van der Waals surface area contributed by atoms with E-state index in [1.54, 1.807) is 13.8 Å². The fourth-order valence-corrected chi connectivity index (χ4v) is 2.00. The van der Waals surface area contributed by atoms with Crippen molar-refractivity contribution in [3.8, 4) is 11.5 Å². The molecule has 6 nitrogen and oxygen atoms in total. The molecule has 0 aliphatic carbocycles. The highest BCUT2D eigenvalue weighted by molar-refractivity contribution is 6.20. The molecule has 0 fully saturated rings. The van der Waals surface area contributed by atoms with Gasteiger partial charge < -0.3 is 18.8 Å². The largest absolute Gasteiger partial charge is 0.658 e. The molecular weight excluding hydrogens is 361 g/mol. The molecule has 0 saturated heterocycles. The highest BCUT2D eigenvalue weighted by Crippen LogP contribution is 2.21. The smallest absolute Gasteiger partial charge is 0.524 e. The summed E-state index contributed by atoms with van der Waals surface area (Å²) in [5.74, 6) is -3.42. The van der Waals surface area contributed by atoms with Gasteiger partial charge in [0.25, 0.3) is 0 Å². The van der Waals surface area contributed by atoms with Gasteiger partial charge in [0.2, 0.25) is 0 Å². The van der Waals surface area contributed by atoms with Crippen LogP contribution in [0, 0.1) is 11.6 Å². The highest BCUT2D eigenvalue weighted by atomic mass is 19.1. The summed E-state index contributed by atoms with van der Waals surface area (Å²) in [5.41, 5.74) is 0.0615. The second-order valence-corrected chi connectivity index (χ2v) is 5.06. The predicted octanol–water partition coefficient (Wildman–Crippen LogP) is 3.31. The van der Waals surface area contributed by atoms with Crippen molar-refractivity contribution in [3.63, 3.8) is 0 Å². The molecule has 27 heavy (non-hydrogen) atoms. The van der Waals surface area contributed by atoms with Gasteiger partial charge in [-0.1, -0.05) is 0 Å². The Bertz CT molecular complexity index is 760. The quantitative estimate of drug-likeness (QED) is 0.519. The Labute approximate surface area is 155 Å². The van der Waals surface area contributed by atoms with Crippen molar-refractivity contribution in [1.29, 1.82) is 0 Å². The maximum absolute atomic E-state index is 13.9. The lowest BCUT2D eigenvalue weighted by Gasteiger charge is -2.10. The average molecular weight is 377 g/mol. The lowest BCUT2D eigenvalue weighted by molar-refractivity contribution is 0.0516. The zero-order chi connectivity index (χ0) is 19.8. The van der Waals surface area contributed by atoms with Gasteiger partial charge in [0.15, 0.2) is 11.6 Å². The monoisotopic (exact) mass is 377 g/mol. The molecule has 0 aromatic heterocycles. The first-order valence-corrected chi connectivity index (χ1v) is 8.04. The van der Waals surface area contributed by atoms with Crippen molar-refractivity contribution in [3.05, 3.63) is 59.2 Å². The van der Waals surface area contributed by atoms with Crippen LogP contribution in [0.15, 0.2) is 36.4 Å². The summed E-state index contributed by atoms with van der Waals surface area (Å²) in [4.78, 5) is 23.0. The molecule has 1 radical (unpaired) electrons. The van der Waals surface area contributed by atoms with Crippen LogP contribution in [-0.4, -0.2) is 32.8 Å². The van der Waals surface area contributed by atoms with Crippen LogP contribution >= 0.6 is 0 Å². The van der Waals surface area contributed by atoms with Gasteiger partial charge >= 0.3 is 19.6 Å². The van der Waals surface area contributed by atoms with E-state index in [1.807, 2.05) is 0 Å². The second-order valence-electron chi connectivity index (χ2n) is 5.06. The van der Waals surface area contributed by atoms with Crippen LogP contribution in [0.4, 0.5) is 8.78 Å². The summed E-state index contributed by atoms with van der Waals surface area (Å²) in [5, 5.41) is 0. The molecule has 0 atom stereocenters. The van der Waals surface area contributed by atoms with Gasteiger partial charge in [-0.3, -0.25) is 0 Å². The Balaban J connectivity index is 1.96. The fraction of sp³-hybridized carbons (Fsp3) is 0.222. The lowest BCUT2D eigenvalue weighted by atomic mass is 10.2. The van der Waals surface area contributed by atoms with Gasteiger partial charge in [-0.25, -0.2) is 18.4 Å². The Kier molecular flexibility index (Phi) is 7.16. The first-order valence-electron chi connectivity index (χ1n) is 8.04. The van der Waals surface area contributed by atoms with Crippen molar-refractivity contribution in [1.82, 2.24) is 0 Å². The van der Waals surface area contributed by atoms with Crippen LogP contribution in [-0.2, 0) is 9.47 Å². The second kappa shape index (κ2) is 9.56. The normalized spacial score (nSPS) is 10.1. The molecule has 2 aromatic rings. The summed E-state index contributed by atoms with van der Waals surface area (Å²) < 4.78 is 47.3. The van der Waals surface area contributed by atoms with Crippen molar-refractivity contribution in [2.24, 2.45) is 0 Å². The van der Waals surface area contributed by atoms with Crippen molar-refractivity contribution < 1.29 is 37.2 Å². The van der Waals surface area contributed by atoms with E-state index in [0.717, 1.165) is 19.8 Å². The molecule has 2 aromatic carbocycles. The number of esters is 2. The SMILES string of the molecule is CCOC(=O)c1ccc(O[B]Oc2ccc(C(=O)OCC)cc2F)c(F)c1. The van der Waals surface area contributed by atoms with Gasteiger partial charge in [-0.2, -0.15) is 0 Å². The van der Waals surface area contributed by atoms with E-state index in [1.165, 1.54) is 24.3 Å². The molecule has 0 heterocycles. The molecule has 2 rings (SSSR count). The maximum Gasteiger partial charge on any atom is 0.658 e. The van der Waals surface area contributed by atoms with Crippen molar-refractivity contribution in [2.75, 3.05) is 13.2 Å². The topological polar surface area (TPSA) is 71.1 Å². The fourth-order valence-electron chi connectivity index (χ4n) is 2.00. The number of halogens is 2. The molecule has 0 bridgehead atoms. The van der Waals surface area contributed by atoms with E-state index in [-0.39, 0.29) is 35.8 Å². The average Bonchev–Trinajstić information content (AvgIpc) is 2.64. The Morgan fingerprint density at radius 2 is 1.22 bits per heavy atom. The molecule has 0 saturated carbocycles. The summed E-state index contributed by atoms with van der Waals surface area (Å²) in [7, 11) is 0.727. The zero-order valence-electron chi connectivity index (χ0n) is 14.7. The van der Waals surface area contributed by atoms with Crippen LogP contribution < -0.4 is 9.31 Å². The third-order valence-electron chi connectivity index (χ3n) is 3.24. The van der Waals surface area contributed by atoms with Gasteiger partial charge in [0.1, 0.15) is 11.5 Å². The number of carbonyl (C=O) groups is 2. The van der Waals surface area contributed by atoms with Gasteiger partial charge in [-0.15, -0.1) is 0 Å². The third kappa shape index (κ3) is 5.44. The Hall–Kier alpha value is -3.10. The first-order chi connectivity index (χ1) is 13.0. The number of benzene rings is 2. The van der Waals surface area contributed by atoms with Crippen LogP contribution in [0.2, 0.25) is 0 Å². The summed E-state index contributed by atoms with van der Waals surface area (Å²) in [6.45, 7) is 3.61. The minimum Gasteiger partial charge on any atom is -0.524 e. The van der Waals surface area contributed by atoms with Crippen LogP contribution in [0.25, 0.3) is 0 Å². The molecule has 0 N–H and O–H groups in total. The van der Waals surface area contributed by atoms with Gasteiger partial charge in [0.05, 0.1) is 24.3 Å². The molecule has 0 amide bonds. The zero-order valence-corrected chi connectivity index (χ0v) is 14.7. The summed E-state index contributed by atoms with van der Waals surface area (Å²) in [6, 6.07) is 6.97. The maximum atomic E-state index is 13.9. The minimum absolute atomic E-state index is 0.0308. The molecular formula is C18H16BF2O6. The molecule has 141 valence electrons. The highest BCUT2D eigenvalue weighted by Gasteiger charge is 2.15. The van der Waals surface area contributed by atoms with E-state index in [0.29, 0.717) is 0 Å². The summed E-state index contributed by atoms with van der Waals surface area (Å²) in [6.07, 6.45) is 0. The number of hydrogen-bond donors (Lipinski definition) is 0. The van der Waals surface area contributed by atoms with Crippen molar-refractivity contribution in [2.45, 2.75) is 13.8 Å². The third-order valence-corrected chi connectivity index (χ3v) is 3.24. The van der Waals surface area contributed by atoms with E-state index >= 15 is 0 Å². The standard InChI is InChI=1S/C18H16BF2O6/c1-3-24-17(22)11-5-7-15(13(20)9-11)26-19-27-16-8-6-12(10-14(16)21)18(23)25-4-2/h5-10H,3-4H2,1-2H3. The van der Waals surface area contributed by atoms with E-state index in [2.05, 4.69) is 0 Å². The number of ether oxygens (including phenoxy) is 2. The Morgan fingerprint density at radius 3 is 1.56 bits per heavy atom. The molecule has 0 aliphatic heterocycles. The number of hydrogen-bond acceptors (Lipinski definition) is 6. The van der Waals surface area contributed by atoms with E-state index in [4.69, 9.17) is 18.8 Å². The molecule has 9 heteroatoms.